The van der Waals surface area contributed by atoms with Crippen molar-refractivity contribution in [1.29, 1.82) is 0 Å². The van der Waals surface area contributed by atoms with Crippen molar-refractivity contribution in [3.63, 3.8) is 0 Å². The van der Waals surface area contributed by atoms with E-state index in [0.29, 0.717) is 25.7 Å². The first-order valence-electron chi connectivity index (χ1n) is 9.55. The van der Waals surface area contributed by atoms with Gasteiger partial charge in [-0.1, -0.05) is 0 Å². The Kier molecular flexibility index (Phi) is 5.80. The molecule has 2 aliphatic rings. The number of nitrogens with zero attached hydrogens (tertiary/aromatic N) is 5. The molecule has 0 amide bonds. The van der Waals surface area contributed by atoms with Gasteiger partial charge in [-0.3, -0.25) is 4.90 Å². The molecule has 27 heavy (non-hydrogen) atoms. The summed E-state index contributed by atoms with van der Waals surface area (Å²) in [5.74, 6) is 1.40. The average molecular weight is 390 g/mol. The number of aldehydes is 1. The first-order valence-corrected chi connectivity index (χ1v) is 9.92. The number of morpholine rings is 1. The molecule has 0 spiro atoms. The van der Waals surface area contributed by atoms with Crippen LogP contribution in [0.2, 0.25) is 5.28 Å². The molecule has 0 aliphatic carbocycles. The van der Waals surface area contributed by atoms with Gasteiger partial charge in [-0.15, -0.1) is 0 Å². The van der Waals surface area contributed by atoms with Crippen LogP contribution in [0.15, 0.2) is 12.1 Å². The van der Waals surface area contributed by atoms with Gasteiger partial charge in [0.25, 0.3) is 0 Å². The number of aromatic nitrogens is 3. The number of ether oxygens (including phenoxy) is 1. The smallest absolute Gasteiger partial charge is 0.225 e. The topological polar surface area (TPSA) is 71.5 Å². The maximum Gasteiger partial charge on any atom is 0.225 e. The molecule has 7 nitrogen and oxygen atoms in total. The van der Waals surface area contributed by atoms with Crippen LogP contribution < -0.4 is 4.90 Å². The third-order valence-corrected chi connectivity index (χ3v) is 5.57. The van der Waals surface area contributed by atoms with E-state index in [1.807, 2.05) is 12.1 Å². The van der Waals surface area contributed by atoms with Crippen molar-refractivity contribution in [2.24, 2.45) is 5.92 Å². The third kappa shape index (κ3) is 4.36. The summed E-state index contributed by atoms with van der Waals surface area (Å²) in [6.45, 7) is 5.43. The van der Waals surface area contributed by atoms with Crippen molar-refractivity contribution >= 4 is 34.7 Å². The number of anilines is 1. The molecule has 4 heterocycles. The maximum absolute atomic E-state index is 10.7. The second kappa shape index (κ2) is 8.46. The summed E-state index contributed by atoms with van der Waals surface area (Å²) in [5.41, 5.74) is 2.66. The number of piperidine rings is 1. The first-order chi connectivity index (χ1) is 13.2. The zero-order valence-corrected chi connectivity index (χ0v) is 16.1. The second-order valence-corrected chi connectivity index (χ2v) is 7.54. The molecule has 2 aromatic rings. The molecular formula is C19H24ClN5O2. The molecule has 2 aromatic heterocycles. The number of fused-ring (bicyclic) bond motifs is 1. The summed E-state index contributed by atoms with van der Waals surface area (Å²) in [6, 6.07) is 4.04. The second-order valence-electron chi connectivity index (χ2n) is 7.20. The van der Waals surface area contributed by atoms with Gasteiger partial charge < -0.3 is 14.4 Å². The molecular weight excluding hydrogens is 366 g/mol. The van der Waals surface area contributed by atoms with E-state index in [4.69, 9.17) is 21.3 Å². The molecule has 144 valence electrons. The fourth-order valence-corrected chi connectivity index (χ4v) is 4.07. The number of hydrogen-bond acceptors (Lipinski definition) is 7. The van der Waals surface area contributed by atoms with Gasteiger partial charge in [-0.05, 0) is 62.0 Å². The van der Waals surface area contributed by atoms with Gasteiger partial charge in [-0.25, -0.2) is 9.97 Å². The molecule has 0 N–H and O–H groups in total. The number of hydrogen-bond donors (Lipinski definition) is 0. The van der Waals surface area contributed by atoms with Gasteiger partial charge in [0.15, 0.2) is 5.82 Å². The lowest BCUT2D eigenvalue weighted by atomic mass is 9.92. The van der Waals surface area contributed by atoms with E-state index >= 15 is 0 Å². The van der Waals surface area contributed by atoms with Crippen LogP contribution in [0, 0.1) is 5.92 Å². The highest BCUT2D eigenvalue weighted by Gasteiger charge is 2.21. The fourth-order valence-electron chi connectivity index (χ4n) is 3.90. The minimum atomic E-state index is 0.251. The van der Waals surface area contributed by atoms with E-state index in [1.165, 1.54) is 0 Å². The van der Waals surface area contributed by atoms with E-state index < -0.39 is 0 Å². The Bertz CT molecular complexity index is 804. The van der Waals surface area contributed by atoms with E-state index in [0.717, 1.165) is 74.3 Å². The summed E-state index contributed by atoms with van der Waals surface area (Å²) < 4.78 is 5.45. The zero-order valence-electron chi connectivity index (χ0n) is 15.3. The monoisotopic (exact) mass is 389 g/mol. The Hall–Kier alpha value is -1.83. The summed E-state index contributed by atoms with van der Waals surface area (Å²) in [4.78, 5) is 28.8. The van der Waals surface area contributed by atoms with Crippen LogP contribution in [0.3, 0.4) is 0 Å². The van der Waals surface area contributed by atoms with Crippen molar-refractivity contribution in [3.05, 3.63) is 23.1 Å². The van der Waals surface area contributed by atoms with Crippen molar-refractivity contribution in [2.75, 3.05) is 50.8 Å². The highest BCUT2D eigenvalue weighted by atomic mass is 35.5. The van der Waals surface area contributed by atoms with E-state index in [2.05, 4.69) is 19.8 Å². The number of halogens is 1. The van der Waals surface area contributed by atoms with Crippen LogP contribution in [0.4, 0.5) is 5.82 Å². The predicted molar refractivity (Wildman–Crippen MR) is 104 cm³/mol. The number of rotatable bonds is 5. The highest BCUT2D eigenvalue weighted by Crippen LogP contribution is 2.27. The van der Waals surface area contributed by atoms with Crippen molar-refractivity contribution in [1.82, 2.24) is 19.9 Å². The van der Waals surface area contributed by atoms with Crippen LogP contribution >= 0.6 is 11.6 Å². The summed E-state index contributed by atoms with van der Waals surface area (Å²) in [6.07, 6.45) is 4.13. The molecule has 2 saturated heterocycles. The van der Waals surface area contributed by atoms with Crippen molar-refractivity contribution < 1.29 is 9.53 Å². The number of likely N-dealkylation sites (tertiary alicyclic amines) is 1. The van der Waals surface area contributed by atoms with E-state index in [1.54, 1.807) is 0 Å². The van der Waals surface area contributed by atoms with Gasteiger partial charge in [0, 0.05) is 18.8 Å². The maximum atomic E-state index is 10.7. The Balaban J connectivity index is 1.54. The Morgan fingerprint density at radius 2 is 1.89 bits per heavy atom. The molecule has 0 radical (unpaired) electrons. The standard InChI is InChI=1S/C19H24ClN5O2/c20-19-22-16-2-1-15(13-14-3-5-24(6-4-14)7-10-26)21-17(16)18(23-19)25-8-11-27-12-9-25/h1-2,10,14H,3-9,11-13H2. The quantitative estimate of drug-likeness (QED) is 0.571. The van der Waals surface area contributed by atoms with E-state index in [9.17, 15) is 4.79 Å². The van der Waals surface area contributed by atoms with E-state index in [-0.39, 0.29) is 5.28 Å². The zero-order chi connectivity index (χ0) is 18.6. The normalized spacial score (nSPS) is 19.5. The summed E-state index contributed by atoms with van der Waals surface area (Å²) in [5, 5.41) is 0.251. The Morgan fingerprint density at radius 1 is 1.11 bits per heavy atom. The molecule has 8 heteroatoms. The third-order valence-electron chi connectivity index (χ3n) is 5.40. The largest absolute Gasteiger partial charge is 0.378 e. The van der Waals surface area contributed by atoms with Crippen LogP contribution in [0.25, 0.3) is 11.0 Å². The van der Waals surface area contributed by atoms with Crippen molar-refractivity contribution in [3.8, 4) is 0 Å². The molecule has 0 bridgehead atoms. The summed E-state index contributed by atoms with van der Waals surface area (Å²) in [7, 11) is 0. The molecule has 0 atom stereocenters. The van der Waals surface area contributed by atoms with Crippen LogP contribution in [-0.4, -0.2) is 72.1 Å². The average Bonchev–Trinajstić information content (AvgIpc) is 2.70. The fraction of sp³-hybridized carbons (Fsp3) is 0.579. The summed E-state index contributed by atoms with van der Waals surface area (Å²) >= 11 is 6.14. The Morgan fingerprint density at radius 3 is 2.63 bits per heavy atom. The molecule has 0 aromatic carbocycles. The minimum Gasteiger partial charge on any atom is -0.378 e. The SMILES string of the molecule is O=CCN1CCC(Cc2ccc3nc(Cl)nc(N4CCOCC4)c3n2)CC1. The number of carbonyl (C=O) groups excluding carboxylic acids is 1. The Labute approximate surface area is 163 Å². The van der Waals surface area contributed by atoms with Gasteiger partial charge in [0.05, 0.1) is 25.3 Å². The lowest BCUT2D eigenvalue weighted by Crippen LogP contribution is -2.37. The lowest BCUT2D eigenvalue weighted by molar-refractivity contribution is -0.109. The van der Waals surface area contributed by atoms with Crippen molar-refractivity contribution in [2.45, 2.75) is 19.3 Å². The molecule has 0 saturated carbocycles. The van der Waals surface area contributed by atoms with Crippen LogP contribution in [0.5, 0.6) is 0 Å². The van der Waals surface area contributed by atoms with Gasteiger partial charge in [-0.2, -0.15) is 4.98 Å². The molecule has 2 fully saturated rings. The highest BCUT2D eigenvalue weighted by molar-refractivity contribution is 6.28. The van der Waals surface area contributed by atoms with Gasteiger partial charge >= 0.3 is 0 Å². The van der Waals surface area contributed by atoms with Gasteiger partial charge in [0.1, 0.15) is 11.8 Å². The molecule has 0 unspecified atom stereocenters. The number of carbonyl (C=O) groups is 1. The molecule has 2 aliphatic heterocycles. The van der Waals surface area contributed by atoms with Crippen LogP contribution in [0.1, 0.15) is 18.5 Å². The molecule has 4 rings (SSSR count). The van der Waals surface area contributed by atoms with Gasteiger partial charge in [0.2, 0.25) is 5.28 Å². The number of pyridine rings is 1. The first kappa shape index (κ1) is 18.5. The lowest BCUT2D eigenvalue weighted by Gasteiger charge is -2.30. The van der Waals surface area contributed by atoms with Crippen LogP contribution in [-0.2, 0) is 16.0 Å². The predicted octanol–water partition coefficient (Wildman–Crippen LogP) is 1.97. The minimum absolute atomic E-state index is 0.251.